The van der Waals surface area contributed by atoms with Gasteiger partial charge >= 0.3 is 49.4 Å². The van der Waals surface area contributed by atoms with Crippen LogP contribution in [0.15, 0.2) is 5.11 Å². The summed E-state index contributed by atoms with van der Waals surface area (Å²) in [6, 6.07) is 0. The van der Waals surface area contributed by atoms with Crippen LogP contribution in [0.2, 0.25) is 0 Å². The van der Waals surface area contributed by atoms with Gasteiger partial charge < -0.3 is 5.73 Å². The maximum atomic E-state index is 7.33. The molecule has 2 N–H and O–H groups in total. The zero-order valence-electron chi connectivity index (χ0n) is 5.88. The van der Waals surface area contributed by atoms with Gasteiger partial charge in [0.25, 0.3) is 0 Å². The quantitative estimate of drug-likeness (QED) is 0.184. The minimum atomic E-state index is 0.628. The Morgan fingerprint density at radius 2 is 1.45 bits per heavy atom. The van der Waals surface area contributed by atoms with Gasteiger partial charge in [-0.1, -0.05) is 5.11 Å². The molecule has 69 valence electrons. The molecule has 0 saturated heterocycles. The van der Waals surface area contributed by atoms with Crippen molar-refractivity contribution in [1.82, 2.24) is 0 Å². The van der Waals surface area contributed by atoms with E-state index < -0.39 is 0 Å². The van der Waals surface area contributed by atoms with Gasteiger partial charge in [0.1, 0.15) is 0 Å². The van der Waals surface area contributed by atoms with Crippen LogP contribution in [0, 0.1) is 0 Å². The van der Waals surface area contributed by atoms with E-state index in [4.69, 9.17) is 5.53 Å². The molecule has 11 heavy (non-hydrogen) atoms. The Kier molecular flexibility index (Phi) is 114. The van der Waals surface area contributed by atoms with Crippen molar-refractivity contribution < 1.29 is 9.47 Å². The van der Waals surface area contributed by atoms with Gasteiger partial charge in [-0.25, -0.2) is 0 Å². The summed E-state index contributed by atoms with van der Waals surface area (Å²) in [6.07, 6.45) is 0. The van der Waals surface area contributed by atoms with Crippen molar-refractivity contribution in [3.8, 4) is 0 Å². The average Bonchev–Trinajstić information content (AvgIpc) is 2.12. The SMILES string of the molecule is CN.CN=[N+]=[N-].II.[I][V][I]. The summed E-state index contributed by atoms with van der Waals surface area (Å²) in [5, 5.41) is 2.92. The predicted octanol–water partition coefficient (Wildman–Crippen LogP) is 4.04. The molecule has 0 amide bonds. The molecule has 0 radical (unpaired) electrons. The summed E-state index contributed by atoms with van der Waals surface area (Å²) in [4.78, 5) is 2.36. The first-order chi connectivity index (χ1) is 5.33. The molecule has 0 aromatic carbocycles. The van der Waals surface area contributed by atoms with Gasteiger partial charge in [0, 0.05) is 49.2 Å². The number of hydrogen-bond donors (Lipinski definition) is 1. The monoisotopic (exact) mass is 647 g/mol. The van der Waals surface area contributed by atoms with Crippen molar-refractivity contribution in [3.63, 3.8) is 0 Å². The molecule has 0 rings (SSSR count). The zero-order chi connectivity index (χ0) is 10.1. The number of nitrogens with two attached hydrogens (primary N) is 1. The van der Waals surface area contributed by atoms with Crippen LogP contribution >= 0.6 is 77.2 Å². The van der Waals surface area contributed by atoms with Gasteiger partial charge in [-0.05, 0) is 12.6 Å². The Hall–Kier alpha value is 2.77. The van der Waals surface area contributed by atoms with Crippen LogP contribution in [-0.4, -0.2) is 14.1 Å². The van der Waals surface area contributed by atoms with Gasteiger partial charge in [0.15, 0.2) is 0 Å². The third kappa shape index (κ3) is 104. The Bertz CT molecular complexity index is 67.1. The standard InChI is InChI=1S/CH3N3.CH5N.I2.2HI.V/c1-3-4-2;2*1-2;;;/h1H3;2H2,1H3;;2*1H;/q;;;;;+2/p-2. The van der Waals surface area contributed by atoms with Gasteiger partial charge in [0.2, 0.25) is 0 Å². The number of rotatable bonds is 0. The average molecular weight is 647 g/mol. The van der Waals surface area contributed by atoms with E-state index in [-0.39, 0.29) is 0 Å². The van der Waals surface area contributed by atoms with E-state index in [1.807, 2.05) is 0 Å². The molecule has 0 bridgehead atoms. The first kappa shape index (κ1) is 23.5. The molecule has 0 spiro atoms. The van der Waals surface area contributed by atoms with Crippen LogP contribution in [0.3, 0.4) is 0 Å². The van der Waals surface area contributed by atoms with Crippen LogP contribution in [0.4, 0.5) is 0 Å². The van der Waals surface area contributed by atoms with E-state index in [0.29, 0.717) is 9.47 Å². The summed E-state index contributed by atoms with van der Waals surface area (Å²) < 4.78 is 0. The van der Waals surface area contributed by atoms with E-state index in [2.05, 4.69) is 92.9 Å². The third-order valence-corrected chi connectivity index (χ3v) is 0.0894. The first-order valence-electron chi connectivity index (χ1n) is 1.91. The van der Waals surface area contributed by atoms with Crippen LogP contribution in [0.25, 0.3) is 10.4 Å². The van der Waals surface area contributed by atoms with Gasteiger partial charge in [-0.3, -0.25) is 0 Å². The molecule has 0 aliphatic carbocycles. The molecule has 0 unspecified atom stereocenters. The molecule has 0 fully saturated rings. The van der Waals surface area contributed by atoms with E-state index in [1.54, 1.807) is 0 Å². The predicted molar refractivity (Wildman–Crippen MR) is 81.3 cm³/mol. The van der Waals surface area contributed by atoms with Crippen molar-refractivity contribution in [2.24, 2.45) is 10.8 Å². The van der Waals surface area contributed by atoms with Gasteiger partial charge in [0.05, 0.1) is 0 Å². The fraction of sp³-hybridized carbons (Fsp3) is 1.00. The molecule has 9 heteroatoms. The van der Waals surface area contributed by atoms with Gasteiger partial charge in [-0.15, -0.1) is 0 Å². The second-order valence-corrected chi connectivity index (χ2v) is 12.1. The van der Waals surface area contributed by atoms with E-state index >= 15 is 0 Å². The molecule has 0 aromatic rings. The Balaban J connectivity index is -0.0000000315. The molecule has 0 aromatic heterocycles. The fourth-order valence-electron chi connectivity index (χ4n) is 0. The second-order valence-electron chi connectivity index (χ2n) is 0.353. The van der Waals surface area contributed by atoms with E-state index in [9.17, 15) is 0 Å². The summed E-state index contributed by atoms with van der Waals surface area (Å²) in [7, 11) is 3.52. The number of nitrogens with zero attached hydrogens (tertiary/aromatic N) is 3. The number of hydrogen-bond acceptors (Lipinski definition) is 2. The summed E-state index contributed by atoms with van der Waals surface area (Å²) in [5.41, 5.74) is 11.8. The fourth-order valence-corrected chi connectivity index (χ4v) is 0. The molecule has 0 saturated carbocycles. The molecule has 4 nitrogen and oxygen atoms in total. The molecular formula is C2H8I4N4V. The zero-order valence-corrected chi connectivity index (χ0v) is 15.9. The van der Waals surface area contributed by atoms with Crippen molar-refractivity contribution in [2.45, 2.75) is 0 Å². The Morgan fingerprint density at radius 1 is 1.36 bits per heavy atom. The van der Waals surface area contributed by atoms with Crippen LogP contribution in [-0.2, 0) is 9.47 Å². The second kappa shape index (κ2) is 53.1. The van der Waals surface area contributed by atoms with Crippen LogP contribution < -0.4 is 5.73 Å². The van der Waals surface area contributed by atoms with Crippen molar-refractivity contribution >= 4 is 77.2 Å². The molecular weight excluding hydrogens is 639 g/mol. The third-order valence-electron chi connectivity index (χ3n) is 0.0894. The number of azide groups is 1. The Labute approximate surface area is 119 Å². The molecule has 0 aliphatic heterocycles. The van der Waals surface area contributed by atoms with Gasteiger partial charge in [-0.2, -0.15) is 0 Å². The first-order valence-corrected chi connectivity index (χ1v) is 17.2. The van der Waals surface area contributed by atoms with Crippen molar-refractivity contribution in [1.29, 1.82) is 0 Å². The maximum absolute atomic E-state index is 7.33. The summed E-state index contributed by atoms with van der Waals surface area (Å²) >= 11 is 8.98. The van der Waals surface area contributed by atoms with Crippen molar-refractivity contribution in [2.75, 3.05) is 14.1 Å². The topological polar surface area (TPSA) is 74.8 Å². The van der Waals surface area contributed by atoms with Crippen LogP contribution in [0.1, 0.15) is 0 Å². The van der Waals surface area contributed by atoms with E-state index in [0.717, 1.165) is 0 Å². The molecule has 0 atom stereocenters. The van der Waals surface area contributed by atoms with Crippen LogP contribution in [0.5, 0.6) is 0 Å². The Morgan fingerprint density at radius 3 is 1.45 bits per heavy atom. The molecule has 0 heterocycles. The number of halogens is 4. The molecule has 0 aliphatic rings. The van der Waals surface area contributed by atoms with Crippen molar-refractivity contribution in [3.05, 3.63) is 10.4 Å². The minimum absolute atomic E-state index is 0.628. The summed E-state index contributed by atoms with van der Waals surface area (Å²) in [5.74, 6) is 0. The normalized spacial score (nSPS) is 3.91. The van der Waals surface area contributed by atoms with E-state index in [1.165, 1.54) is 14.1 Å². The summed E-state index contributed by atoms with van der Waals surface area (Å²) in [6.45, 7) is 0.